The van der Waals surface area contributed by atoms with Crippen molar-refractivity contribution in [3.8, 4) is 0 Å². The minimum absolute atomic E-state index is 0.167. The maximum Gasteiger partial charge on any atom is 0.339 e. The van der Waals surface area contributed by atoms with Crippen LogP contribution in [0.2, 0.25) is 0 Å². The molecule has 0 saturated heterocycles. The number of rotatable bonds is 30. The van der Waals surface area contributed by atoms with Crippen molar-refractivity contribution in [2.75, 3.05) is 0 Å². The Morgan fingerprint density at radius 3 is 0.977 bits per heavy atom. The topological polar surface area (TPSA) is 52.6 Å². The lowest BCUT2D eigenvalue weighted by Crippen LogP contribution is -2.20. The summed E-state index contributed by atoms with van der Waals surface area (Å²) in [6, 6.07) is 6.90. The van der Waals surface area contributed by atoms with E-state index in [1.54, 1.807) is 24.3 Å². The van der Waals surface area contributed by atoms with Crippen LogP contribution in [-0.4, -0.2) is 24.1 Å². The molecule has 0 radical (unpaired) electrons. The molecule has 44 heavy (non-hydrogen) atoms. The highest BCUT2D eigenvalue weighted by atomic mass is 16.5. The highest BCUT2D eigenvalue weighted by Crippen LogP contribution is 2.19. The van der Waals surface area contributed by atoms with Crippen LogP contribution in [-0.2, 0) is 9.47 Å². The Balaban J connectivity index is 2.20. The number of carbonyl (C=O) groups excluding carboxylic acids is 2. The molecule has 4 heteroatoms. The molecule has 1 aromatic rings. The van der Waals surface area contributed by atoms with E-state index in [0.29, 0.717) is 11.1 Å². The van der Waals surface area contributed by atoms with E-state index in [2.05, 4.69) is 13.8 Å². The minimum atomic E-state index is -0.433. The standard InChI is InChI=1S/C40H70O4/c1-5-7-9-11-13-15-17-19-21-23-25-27-31-35(3)43-39(41)37-33-29-30-34-38(37)40(42)44-36(4)32-28-26-24-22-20-18-16-14-12-10-8-6-2/h29-30,33-36H,5-28,31-32H2,1-4H3. The van der Waals surface area contributed by atoms with Crippen LogP contribution in [0.15, 0.2) is 24.3 Å². The fourth-order valence-electron chi connectivity index (χ4n) is 5.99. The van der Waals surface area contributed by atoms with Crippen LogP contribution in [0.1, 0.15) is 215 Å². The molecule has 4 nitrogen and oxygen atoms in total. The Morgan fingerprint density at radius 2 is 0.705 bits per heavy atom. The van der Waals surface area contributed by atoms with Gasteiger partial charge >= 0.3 is 11.9 Å². The third-order valence-corrected chi connectivity index (χ3v) is 8.91. The Kier molecular flexibility index (Phi) is 26.1. The van der Waals surface area contributed by atoms with Crippen LogP contribution in [0.4, 0.5) is 0 Å². The zero-order chi connectivity index (χ0) is 32.1. The molecule has 2 atom stereocenters. The molecule has 0 aliphatic rings. The van der Waals surface area contributed by atoms with Gasteiger partial charge in [-0.2, -0.15) is 0 Å². The summed E-state index contributed by atoms with van der Waals surface area (Å²) < 4.78 is 11.5. The van der Waals surface area contributed by atoms with Gasteiger partial charge in [-0.15, -0.1) is 0 Å². The molecule has 2 unspecified atom stereocenters. The van der Waals surface area contributed by atoms with Crippen molar-refractivity contribution in [2.24, 2.45) is 0 Å². The number of unbranched alkanes of at least 4 members (excludes halogenated alkanes) is 22. The first-order valence-electron chi connectivity index (χ1n) is 19.0. The average molecular weight is 615 g/mol. The van der Waals surface area contributed by atoms with E-state index < -0.39 is 11.9 Å². The summed E-state index contributed by atoms with van der Waals surface area (Å²) in [5.74, 6) is -0.866. The first kappa shape index (κ1) is 40.2. The molecule has 1 aromatic carbocycles. The Bertz CT molecular complexity index is 752. The van der Waals surface area contributed by atoms with E-state index in [4.69, 9.17) is 9.47 Å². The van der Waals surface area contributed by atoms with Gasteiger partial charge in [0.25, 0.3) is 0 Å². The molecule has 0 heterocycles. The summed E-state index contributed by atoms with van der Waals surface area (Å²) in [6.45, 7) is 8.44. The normalized spacial score (nSPS) is 12.6. The lowest BCUT2D eigenvalue weighted by molar-refractivity contribution is 0.0270. The van der Waals surface area contributed by atoms with Gasteiger partial charge in [-0.25, -0.2) is 9.59 Å². The predicted molar refractivity (Wildman–Crippen MR) is 188 cm³/mol. The smallest absolute Gasteiger partial charge is 0.339 e. The number of hydrogen-bond acceptors (Lipinski definition) is 4. The molecule has 1 rings (SSSR count). The molecule has 0 aromatic heterocycles. The molecule has 0 fully saturated rings. The van der Waals surface area contributed by atoms with Crippen LogP contribution in [0.5, 0.6) is 0 Å². The van der Waals surface area contributed by atoms with E-state index in [0.717, 1.165) is 25.7 Å². The molecule has 254 valence electrons. The lowest BCUT2D eigenvalue weighted by atomic mass is 10.0. The Hall–Kier alpha value is -1.84. The largest absolute Gasteiger partial charge is 0.459 e. The van der Waals surface area contributed by atoms with E-state index >= 15 is 0 Å². The molecule has 0 amide bonds. The predicted octanol–water partition coefficient (Wildman–Crippen LogP) is 13.0. The van der Waals surface area contributed by atoms with Crippen molar-refractivity contribution in [3.05, 3.63) is 35.4 Å². The van der Waals surface area contributed by atoms with Crippen molar-refractivity contribution in [1.82, 2.24) is 0 Å². The number of esters is 2. The molecule has 0 N–H and O–H groups in total. The van der Waals surface area contributed by atoms with Crippen molar-refractivity contribution < 1.29 is 19.1 Å². The number of ether oxygens (including phenoxy) is 2. The van der Waals surface area contributed by atoms with Crippen LogP contribution in [0.3, 0.4) is 0 Å². The molecule has 0 spiro atoms. The van der Waals surface area contributed by atoms with Gasteiger partial charge in [0, 0.05) is 0 Å². The zero-order valence-corrected chi connectivity index (χ0v) is 29.5. The summed E-state index contributed by atoms with van der Waals surface area (Å²) in [6.07, 6.45) is 32.9. The average Bonchev–Trinajstić information content (AvgIpc) is 3.02. The van der Waals surface area contributed by atoms with Gasteiger partial charge in [0.15, 0.2) is 0 Å². The maximum atomic E-state index is 13.0. The number of hydrogen-bond donors (Lipinski definition) is 0. The van der Waals surface area contributed by atoms with Gasteiger partial charge in [-0.1, -0.05) is 167 Å². The summed E-state index contributed by atoms with van der Waals surface area (Å²) in [4.78, 5) is 25.9. The SMILES string of the molecule is CCCCCCCCCCCCCCC(C)OC(=O)c1ccccc1C(=O)OC(C)CCCCCCCCCCCCCC. The third-order valence-electron chi connectivity index (χ3n) is 8.91. The van der Waals surface area contributed by atoms with Gasteiger partial charge in [0.1, 0.15) is 0 Å². The molecule has 0 aliphatic heterocycles. The first-order valence-corrected chi connectivity index (χ1v) is 19.0. The first-order chi connectivity index (χ1) is 21.5. The van der Waals surface area contributed by atoms with E-state index in [1.165, 1.54) is 141 Å². The fourth-order valence-corrected chi connectivity index (χ4v) is 5.99. The van der Waals surface area contributed by atoms with Crippen LogP contribution in [0.25, 0.3) is 0 Å². The summed E-state index contributed by atoms with van der Waals surface area (Å²) in [7, 11) is 0. The molecule has 0 saturated carbocycles. The molecular formula is C40H70O4. The van der Waals surface area contributed by atoms with Crippen molar-refractivity contribution in [3.63, 3.8) is 0 Å². The van der Waals surface area contributed by atoms with Gasteiger partial charge < -0.3 is 9.47 Å². The Labute approximate surface area is 272 Å². The lowest BCUT2D eigenvalue weighted by Gasteiger charge is -2.16. The summed E-state index contributed by atoms with van der Waals surface area (Å²) >= 11 is 0. The van der Waals surface area contributed by atoms with Gasteiger partial charge in [-0.3, -0.25) is 0 Å². The third kappa shape index (κ3) is 21.8. The van der Waals surface area contributed by atoms with Crippen LogP contribution < -0.4 is 0 Å². The van der Waals surface area contributed by atoms with Gasteiger partial charge in [0.05, 0.1) is 23.3 Å². The van der Waals surface area contributed by atoms with Crippen molar-refractivity contribution >= 4 is 11.9 Å². The summed E-state index contributed by atoms with van der Waals surface area (Å²) in [5.41, 5.74) is 0.605. The van der Waals surface area contributed by atoms with E-state index in [1.807, 2.05) is 13.8 Å². The fraction of sp³-hybridized carbons (Fsp3) is 0.800. The molecular weight excluding hydrogens is 544 g/mol. The molecule has 0 aliphatic carbocycles. The monoisotopic (exact) mass is 615 g/mol. The second-order valence-corrected chi connectivity index (χ2v) is 13.3. The van der Waals surface area contributed by atoms with E-state index in [-0.39, 0.29) is 12.2 Å². The van der Waals surface area contributed by atoms with Crippen LogP contribution >= 0.6 is 0 Å². The minimum Gasteiger partial charge on any atom is -0.459 e. The number of carbonyl (C=O) groups is 2. The maximum absolute atomic E-state index is 13.0. The molecule has 0 bridgehead atoms. The quantitative estimate of drug-likeness (QED) is 0.0639. The van der Waals surface area contributed by atoms with Gasteiger partial charge in [-0.05, 0) is 51.7 Å². The van der Waals surface area contributed by atoms with Crippen molar-refractivity contribution in [2.45, 2.75) is 207 Å². The Morgan fingerprint density at radius 1 is 0.455 bits per heavy atom. The van der Waals surface area contributed by atoms with Crippen molar-refractivity contribution in [1.29, 1.82) is 0 Å². The zero-order valence-electron chi connectivity index (χ0n) is 29.5. The second-order valence-electron chi connectivity index (χ2n) is 13.3. The highest BCUT2D eigenvalue weighted by Gasteiger charge is 2.22. The summed E-state index contributed by atoms with van der Waals surface area (Å²) in [5, 5.41) is 0. The number of benzene rings is 1. The second kappa shape index (κ2) is 28.6. The van der Waals surface area contributed by atoms with E-state index in [9.17, 15) is 9.59 Å². The van der Waals surface area contributed by atoms with Gasteiger partial charge in [0.2, 0.25) is 0 Å². The van der Waals surface area contributed by atoms with Crippen LogP contribution in [0, 0.1) is 0 Å². The highest BCUT2D eigenvalue weighted by molar-refractivity contribution is 6.03.